The van der Waals surface area contributed by atoms with Crippen molar-refractivity contribution in [1.29, 1.82) is 0 Å². The third-order valence-corrected chi connectivity index (χ3v) is 4.13. The summed E-state index contributed by atoms with van der Waals surface area (Å²) < 4.78 is 28.5. The molecule has 0 unspecified atom stereocenters. The number of pyridine rings is 1. The van der Waals surface area contributed by atoms with E-state index in [2.05, 4.69) is 9.82 Å². The van der Waals surface area contributed by atoms with Crippen LogP contribution >= 0.6 is 0 Å². The van der Waals surface area contributed by atoms with Gasteiger partial charge in [-0.1, -0.05) is 30.3 Å². The van der Waals surface area contributed by atoms with Gasteiger partial charge in [-0.25, -0.2) is 12.9 Å². The first-order valence-electron chi connectivity index (χ1n) is 6.10. The lowest BCUT2D eigenvalue weighted by Crippen LogP contribution is -2.15. The molecule has 0 atom stereocenters. The molecule has 0 fully saturated rings. The van der Waals surface area contributed by atoms with Crippen molar-refractivity contribution in [3.8, 4) is 0 Å². The van der Waals surface area contributed by atoms with Gasteiger partial charge in [-0.2, -0.15) is 5.10 Å². The number of hydrogen-bond acceptors (Lipinski definition) is 3. The molecule has 2 aromatic heterocycles. The second kappa shape index (κ2) is 4.97. The topological polar surface area (TPSA) is 63.5 Å². The van der Waals surface area contributed by atoms with Crippen LogP contribution in [0.2, 0.25) is 0 Å². The van der Waals surface area contributed by atoms with E-state index in [1.807, 2.05) is 24.3 Å². The minimum Gasteiger partial charge on any atom is -0.283 e. The van der Waals surface area contributed by atoms with Gasteiger partial charge >= 0.3 is 0 Å². The van der Waals surface area contributed by atoms with Gasteiger partial charge in [0.25, 0.3) is 0 Å². The molecule has 1 N–H and O–H groups in total. The van der Waals surface area contributed by atoms with Gasteiger partial charge in [-0.15, -0.1) is 0 Å². The first-order chi connectivity index (χ1) is 9.62. The Hall–Kier alpha value is -2.34. The number of nitrogens with one attached hydrogen (secondary N) is 1. The van der Waals surface area contributed by atoms with Gasteiger partial charge in [0, 0.05) is 12.4 Å². The minimum atomic E-state index is -3.42. The van der Waals surface area contributed by atoms with Crippen molar-refractivity contribution < 1.29 is 8.42 Å². The number of aromatic nitrogens is 2. The maximum Gasteiger partial charge on any atom is 0.236 e. The van der Waals surface area contributed by atoms with Crippen LogP contribution in [0.25, 0.3) is 5.52 Å². The number of anilines is 1. The predicted octanol–water partition coefficient (Wildman–Crippen LogP) is 2.28. The van der Waals surface area contributed by atoms with Crippen molar-refractivity contribution in [2.24, 2.45) is 0 Å². The second-order valence-electron chi connectivity index (χ2n) is 4.46. The summed E-state index contributed by atoms with van der Waals surface area (Å²) in [6.45, 7) is 0. The lowest BCUT2D eigenvalue weighted by Gasteiger charge is -2.08. The molecule has 102 valence electrons. The first kappa shape index (κ1) is 12.7. The summed E-state index contributed by atoms with van der Waals surface area (Å²) in [5, 5.41) is 4.06. The molecule has 20 heavy (non-hydrogen) atoms. The molecule has 0 aliphatic carbocycles. The number of fused-ring (bicyclic) bond motifs is 1. The van der Waals surface area contributed by atoms with Crippen molar-refractivity contribution in [2.75, 3.05) is 4.72 Å². The smallest absolute Gasteiger partial charge is 0.236 e. The summed E-state index contributed by atoms with van der Waals surface area (Å²) in [5.74, 6) is -0.0434. The highest BCUT2D eigenvalue weighted by molar-refractivity contribution is 7.91. The molecule has 0 saturated heterocycles. The van der Waals surface area contributed by atoms with Crippen molar-refractivity contribution in [1.82, 2.24) is 9.61 Å². The Kier molecular flexibility index (Phi) is 3.15. The molecule has 0 spiro atoms. The molecule has 1 aromatic carbocycles. The molecule has 3 rings (SSSR count). The van der Waals surface area contributed by atoms with E-state index in [1.165, 1.54) is 0 Å². The van der Waals surface area contributed by atoms with Crippen molar-refractivity contribution >= 4 is 21.2 Å². The maximum atomic E-state index is 12.1. The lowest BCUT2D eigenvalue weighted by atomic mass is 10.2. The Balaban J connectivity index is 1.82. The Morgan fingerprint density at radius 2 is 1.90 bits per heavy atom. The van der Waals surface area contributed by atoms with E-state index in [0.717, 1.165) is 11.1 Å². The SMILES string of the molecule is O=S(=O)(Cc1ccccc1)Nc1ccn2nccc2c1. The maximum absolute atomic E-state index is 12.1. The average Bonchev–Trinajstić information content (AvgIpc) is 2.86. The Labute approximate surface area is 116 Å². The summed E-state index contributed by atoms with van der Waals surface area (Å²) in [6, 6.07) is 14.3. The normalized spacial score (nSPS) is 11.6. The van der Waals surface area contributed by atoms with E-state index in [0.29, 0.717) is 5.69 Å². The quantitative estimate of drug-likeness (QED) is 0.800. The Morgan fingerprint density at radius 1 is 1.10 bits per heavy atom. The van der Waals surface area contributed by atoms with Crippen LogP contribution < -0.4 is 4.72 Å². The molecule has 5 nitrogen and oxygen atoms in total. The van der Waals surface area contributed by atoms with Gasteiger partial charge in [0.1, 0.15) is 0 Å². The first-order valence-corrected chi connectivity index (χ1v) is 7.75. The molecule has 0 amide bonds. The van der Waals surface area contributed by atoms with Crippen LogP contribution in [0.1, 0.15) is 5.56 Å². The molecular weight excluding hydrogens is 274 g/mol. The largest absolute Gasteiger partial charge is 0.283 e. The highest BCUT2D eigenvalue weighted by Crippen LogP contribution is 2.15. The number of hydrogen-bond donors (Lipinski definition) is 1. The highest BCUT2D eigenvalue weighted by Gasteiger charge is 2.11. The van der Waals surface area contributed by atoms with E-state index in [4.69, 9.17) is 0 Å². The highest BCUT2D eigenvalue weighted by atomic mass is 32.2. The molecule has 0 aliphatic rings. The van der Waals surface area contributed by atoms with E-state index in [-0.39, 0.29) is 5.75 Å². The number of rotatable bonds is 4. The zero-order valence-corrected chi connectivity index (χ0v) is 11.4. The zero-order chi connectivity index (χ0) is 14.0. The van der Waals surface area contributed by atoms with Crippen LogP contribution in [0, 0.1) is 0 Å². The van der Waals surface area contributed by atoms with Crippen LogP contribution in [0.3, 0.4) is 0 Å². The average molecular weight is 287 g/mol. The fourth-order valence-corrected chi connectivity index (χ4v) is 3.18. The van der Waals surface area contributed by atoms with E-state index >= 15 is 0 Å². The summed E-state index contributed by atoms with van der Waals surface area (Å²) >= 11 is 0. The predicted molar refractivity (Wildman–Crippen MR) is 77.9 cm³/mol. The summed E-state index contributed by atoms with van der Waals surface area (Å²) in [5.41, 5.74) is 2.13. The fourth-order valence-electron chi connectivity index (χ4n) is 1.99. The lowest BCUT2D eigenvalue weighted by molar-refractivity contribution is 0.600. The van der Waals surface area contributed by atoms with Gasteiger partial charge in [-0.3, -0.25) is 4.72 Å². The monoisotopic (exact) mass is 287 g/mol. The standard InChI is InChI=1S/C14H13N3O2S/c18-20(19,11-12-4-2-1-3-5-12)16-13-7-9-17-14(10-13)6-8-15-17/h1-10,16H,11H2. The minimum absolute atomic E-state index is 0.0434. The van der Waals surface area contributed by atoms with Crippen molar-refractivity contribution in [2.45, 2.75) is 5.75 Å². The van der Waals surface area contributed by atoms with Gasteiger partial charge in [0.05, 0.1) is 17.0 Å². The molecule has 2 heterocycles. The van der Waals surface area contributed by atoms with Crippen molar-refractivity contribution in [3.05, 3.63) is 66.5 Å². The van der Waals surface area contributed by atoms with E-state index in [1.54, 1.807) is 41.2 Å². The van der Waals surface area contributed by atoms with Crippen molar-refractivity contribution in [3.63, 3.8) is 0 Å². The van der Waals surface area contributed by atoms with E-state index in [9.17, 15) is 8.42 Å². The molecule has 3 aromatic rings. The van der Waals surface area contributed by atoms with Gasteiger partial charge in [0.2, 0.25) is 10.0 Å². The third-order valence-electron chi connectivity index (χ3n) is 2.87. The molecule has 0 aliphatic heterocycles. The fraction of sp³-hybridized carbons (Fsp3) is 0.0714. The van der Waals surface area contributed by atoms with Gasteiger partial charge in [-0.05, 0) is 23.8 Å². The molecular formula is C14H13N3O2S. The number of nitrogens with zero attached hydrogens (tertiary/aromatic N) is 2. The zero-order valence-electron chi connectivity index (χ0n) is 10.6. The van der Waals surface area contributed by atoms with Crippen LogP contribution in [0.4, 0.5) is 5.69 Å². The Bertz CT molecular complexity index is 826. The van der Waals surface area contributed by atoms with Crippen LogP contribution in [-0.4, -0.2) is 18.0 Å². The third kappa shape index (κ3) is 2.80. The summed E-state index contributed by atoms with van der Waals surface area (Å²) in [7, 11) is -3.42. The molecule has 0 bridgehead atoms. The number of benzene rings is 1. The Morgan fingerprint density at radius 3 is 2.70 bits per heavy atom. The molecule has 0 radical (unpaired) electrons. The summed E-state index contributed by atoms with van der Waals surface area (Å²) in [4.78, 5) is 0. The van der Waals surface area contributed by atoms with Gasteiger partial charge in [0.15, 0.2) is 0 Å². The van der Waals surface area contributed by atoms with Crippen LogP contribution in [-0.2, 0) is 15.8 Å². The van der Waals surface area contributed by atoms with E-state index < -0.39 is 10.0 Å². The van der Waals surface area contributed by atoms with Crippen LogP contribution in [0.15, 0.2) is 60.9 Å². The second-order valence-corrected chi connectivity index (χ2v) is 6.19. The molecule has 0 saturated carbocycles. The number of sulfonamides is 1. The summed E-state index contributed by atoms with van der Waals surface area (Å²) in [6.07, 6.45) is 3.38. The van der Waals surface area contributed by atoms with Crippen LogP contribution in [0.5, 0.6) is 0 Å². The molecule has 6 heteroatoms. The van der Waals surface area contributed by atoms with Gasteiger partial charge < -0.3 is 0 Å².